The number of piperidine rings is 1. The molecule has 2 aromatic rings. The fourth-order valence-electron chi connectivity index (χ4n) is 3.10. The molecule has 7 heteroatoms. The lowest BCUT2D eigenvalue weighted by Gasteiger charge is -2.35. The van der Waals surface area contributed by atoms with Crippen LogP contribution in [0.3, 0.4) is 0 Å². The van der Waals surface area contributed by atoms with Crippen LogP contribution in [0.4, 0.5) is 4.39 Å². The maximum absolute atomic E-state index is 13.2. The van der Waals surface area contributed by atoms with Crippen molar-refractivity contribution in [3.05, 3.63) is 48.3 Å². The molecular weight excluding hydrogens is 309 g/mol. The summed E-state index contributed by atoms with van der Waals surface area (Å²) in [7, 11) is 0. The van der Waals surface area contributed by atoms with E-state index in [0.29, 0.717) is 6.54 Å². The second-order valence-electron chi connectivity index (χ2n) is 6.06. The van der Waals surface area contributed by atoms with E-state index in [1.807, 2.05) is 0 Å². The van der Waals surface area contributed by atoms with E-state index in [0.717, 1.165) is 31.5 Å². The first-order valence-corrected chi connectivity index (χ1v) is 8.31. The van der Waals surface area contributed by atoms with Gasteiger partial charge in [-0.3, -0.25) is 9.69 Å². The van der Waals surface area contributed by atoms with Crippen molar-refractivity contribution in [2.45, 2.75) is 31.8 Å². The van der Waals surface area contributed by atoms with Gasteiger partial charge in [0.05, 0.1) is 6.04 Å². The summed E-state index contributed by atoms with van der Waals surface area (Å²) in [6.07, 6.45) is 6.48. The van der Waals surface area contributed by atoms with Crippen LogP contribution in [-0.4, -0.2) is 45.2 Å². The molecule has 0 aliphatic carbocycles. The molecule has 24 heavy (non-hydrogen) atoms. The summed E-state index contributed by atoms with van der Waals surface area (Å²) in [5.41, 5.74) is 1.03. The highest BCUT2D eigenvalue weighted by Gasteiger charge is 2.23. The number of hydrogen-bond donors (Lipinski definition) is 1. The fraction of sp³-hybridized carbons (Fsp3) is 0.471. The molecule has 1 aliphatic heterocycles. The smallest absolute Gasteiger partial charge is 0.241 e. The average Bonchev–Trinajstić information content (AvgIpc) is 3.10. The molecule has 1 aliphatic rings. The summed E-state index contributed by atoms with van der Waals surface area (Å²) in [5.74, 6) is -0.351. The highest BCUT2D eigenvalue weighted by Crippen LogP contribution is 2.24. The molecule has 1 saturated heterocycles. The predicted molar refractivity (Wildman–Crippen MR) is 87.6 cm³/mol. The lowest BCUT2D eigenvalue weighted by molar-refractivity contribution is -0.122. The van der Waals surface area contributed by atoms with Crippen LogP contribution in [0.2, 0.25) is 0 Å². The van der Waals surface area contributed by atoms with Crippen molar-refractivity contribution in [2.75, 3.05) is 19.6 Å². The third-order valence-corrected chi connectivity index (χ3v) is 4.35. The number of rotatable bonds is 6. The van der Waals surface area contributed by atoms with E-state index < -0.39 is 0 Å². The van der Waals surface area contributed by atoms with Gasteiger partial charge in [-0.1, -0.05) is 18.6 Å². The zero-order valence-corrected chi connectivity index (χ0v) is 13.6. The molecule has 1 aromatic carbocycles. The van der Waals surface area contributed by atoms with Crippen LogP contribution in [0.25, 0.3) is 0 Å². The molecule has 128 valence electrons. The Kier molecular flexibility index (Phi) is 5.53. The SMILES string of the molecule is O=C(Cn1cncn1)NC[C@H](c1ccc(F)cc1)N1CCCCC1. The van der Waals surface area contributed by atoms with Gasteiger partial charge in [-0.05, 0) is 43.6 Å². The van der Waals surface area contributed by atoms with Crippen molar-refractivity contribution >= 4 is 5.91 Å². The highest BCUT2D eigenvalue weighted by molar-refractivity contribution is 5.75. The first kappa shape index (κ1) is 16.6. The molecule has 0 saturated carbocycles. The number of likely N-dealkylation sites (tertiary alicyclic amines) is 1. The molecule has 1 atom stereocenters. The zero-order valence-electron chi connectivity index (χ0n) is 13.6. The molecule has 1 amide bonds. The Bertz CT molecular complexity index is 638. The normalized spacial score (nSPS) is 16.7. The van der Waals surface area contributed by atoms with Crippen molar-refractivity contribution < 1.29 is 9.18 Å². The van der Waals surface area contributed by atoms with Crippen molar-refractivity contribution in [2.24, 2.45) is 0 Å². The van der Waals surface area contributed by atoms with Crippen molar-refractivity contribution in [3.63, 3.8) is 0 Å². The molecule has 0 radical (unpaired) electrons. The third-order valence-electron chi connectivity index (χ3n) is 4.35. The van der Waals surface area contributed by atoms with E-state index in [4.69, 9.17) is 0 Å². The molecule has 1 fully saturated rings. The van der Waals surface area contributed by atoms with E-state index in [-0.39, 0.29) is 24.3 Å². The van der Waals surface area contributed by atoms with Crippen LogP contribution in [0, 0.1) is 5.82 Å². The molecule has 2 heterocycles. The van der Waals surface area contributed by atoms with Gasteiger partial charge in [0.25, 0.3) is 0 Å². The molecule has 0 unspecified atom stereocenters. The number of aromatic nitrogens is 3. The van der Waals surface area contributed by atoms with Crippen LogP contribution in [0.15, 0.2) is 36.9 Å². The standard InChI is InChI=1S/C17H22FN5O/c18-15-6-4-14(5-7-15)16(22-8-2-1-3-9-22)10-20-17(24)11-23-13-19-12-21-23/h4-7,12-13,16H,1-3,8-11H2,(H,20,24)/t16-/m1/s1. The van der Waals surface area contributed by atoms with Crippen LogP contribution in [0.1, 0.15) is 30.9 Å². The van der Waals surface area contributed by atoms with E-state index >= 15 is 0 Å². The predicted octanol–water partition coefficient (Wildman–Crippen LogP) is 1.76. The monoisotopic (exact) mass is 331 g/mol. The van der Waals surface area contributed by atoms with Gasteiger partial charge < -0.3 is 5.32 Å². The van der Waals surface area contributed by atoms with Crippen LogP contribution >= 0.6 is 0 Å². The topological polar surface area (TPSA) is 63.1 Å². The quantitative estimate of drug-likeness (QED) is 0.876. The Morgan fingerprint density at radius 1 is 1.21 bits per heavy atom. The van der Waals surface area contributed by atoms with E-state index in [1.165, 1.54) is 35.9 Å². The summed E-state index contributed by atoms with van der Waals surface area (Å²) in [5, 5.41) is 6.90. The van der Waals surface area contributed by atoms with Gasteiger partial charge in [0.2, 0.25) is 5.91 Å². The molecule has 1 aromatic heterocycles. The number of nitrogens with one attached hydrogen (secondary N) is 1. The number of carbonyl (C=O) groups is 1. The largest absolute Gasteiger partial charge is 0.353 e. The second-order valence-corrected chi connectivity index (χ2v) is 6.06. The number of hydrogen-bond acceptors (Lipinski definition) is 4. The minimum absolute atomic E-state index is 0.0607. The number of benzene rings is 1. The van der Waals surface area contributed by atoms with Crippen LogP contribution in [0.5, 0.6) is 0 Å². The maximum Gasteiger partial charge on any atom is 0.241 e. The van der Waals surface area contributed by atoms with Crippen molar-refractivity contribution in [1.82, 2.24) is 25.0 Å². The minimum Gasteiger partial charge on any atom is -0.353 e. The van der Waals surface area contributed by atoms with Crippen molar-refractivity contribution in [1.29, 1.82) is 0 Å². The highest BCUT2D eigenvalue weighted by atomic mass is 19.1. The van der Waals surface area contributed by atoms with Gasteiger partial charge in [0.15, 0.2) is 0 Å². The average molecular weight is 331 g/mol. The summed E-state index contributed by atoms with van der Waals surface area (Å²) in [6, 6.07) is 6.62. The van der Waals surface area contributed by atoms with Crippen LogP contribution in [-0.2, 0) is 11.3 Å². The number of amides is 1. The Balaban J connectivity index is 1.65. The van der Waals surface area contributed by atoms with E-state index in [9.17, 15) is 9.18 Å². The number of carbonyl (C=O) groups excluding carboxylic acids is 1. The Morgan fingerprint density at radius 2 is 1.96 bits per heavy atom. The van der Waals surface area contributed by atoms with Gasteiger partial charge in [-0.2, -0.15) is 5.10 Å². The summed E-state index contributed by atoms with van der Waals surface area (Å²) < 4.78 is 14.7. The Morgan fingerprint density at radius 3 is 2.62 bits per heavy atom. The zero-order chi connectivity index (χ0) is 16.8. The second kappa shape index (κ2) is 8.01. The lowest BCUT2D eigenvalue weighted by Crippen LogP contribution is -2.41. The first-order chi connectivity index (χ1) is 11.7. The van der Waals surface area contributed by atoms with E-state index in [2.05, 4.69) is 20.3 Å². The van der Waals surface area contributed by atoms with Gasteiger partial charge in [-0.25, -0.2) is 14.1 Å². The number of halogens is 1. The molecule has 6 nitrogen and oxygen atoms in total. The first-order valence-electron chi connectivity index (χ1n) is 8.31. The van der Waals surface area contributed by atoms with Gasteiger partial charge in [0, 0.05) is 6.54 Å². The van der Waals surface area contributed by atoms with Crippen molar-refractivity contribution in [3.8, 4) is 0 Å². The van der Waals surface area contributed by atoms with Gasteiger partial charge >= 0.3 is 0 Å². The van der Waals surface area contributed by atoms with Gasteiger partial charge in [-0.15, -0.1) is 0 Å². The third kappa shape index (κ3) is 4.38. The summed E-state index contributed by atoms with van der Waals surface area (Å²) >= 11 is 0. The lowest BCUT2D eigenvalue weighted by atomic mass is 10.0. The van der Waals surface area contributed by atoms with Gasteiger partial charge in [0.1, 0.15) is 25.0 Å². The van der Waals surface area contributed by atoms with Crippen LogP contribution < -0.4 is 5.32 Å². The Labute approximate surface area is 140 Å². The molecule has 0 bridgehead atoms. The Hall–Kier alpha value is -2.28. The summed E-state index contributed by atoms with van der Waals surface area (Å²) in [4.78, 5) is 18.3. The minimum atomic E-state index is -0.244. The van der Waals surface area contributed by atoms with E-state index in [1.54, 1.807) is 12.1 Å². The summed E-state index contributed by atoms with van der Waals surface area (Å²) in [6.45, 7) is 2.65. The molecule has 0 spiro atoms. The molecule has 1 N–H and O–H groups in total. The number of nitrogens with zero attached hydrogens (tertiary/aromatic N) is 4. The molecular formula is C17H22FN5O. The maximum atomic E-state index is 13.2. The molecule has 3 rings (SSSR count). The fourth-order valence-corrected chi connectivity index (χ4v) is 3.10.